The number of hydrogen-bond acceptors (Lipinski definition) is 2. The van der Waals surface area contributed by atoms with Crippen LogP contribution in [0.4, 0.5) is 0 Å². The molecule has 1 aliphatic carbocycles. The minimum Gasteiger partial charge on any atom is -0.343 e. The Morgan fingerprint density at radius 1 is 1.10 bits per heavy atom. The van der Waals surface area contributed by atoms with Crippen molar-refractivity contribution in [3.63, 3.8) is 0 Å². The Kier molecular flexibility index (Phi) is 6.15. The van der Waals surface area contributed by atoms with Gasteiger partial charge in [-0.15, -0.1) is 0 Å². The second-order valence-corrected chi connectivity index (χ2v) is 9.95. The lowest BCUT2D eigenvalue weighted by Crippen LogP contribution is -2.44. The lowest BCUT2D eigenvalue weighted by Gasteiger charge is -2.41. The number of benzene rings is 2. The Morgan fingerprint density at radius 3 is 2.53 bits per heavy atom. The third-order valence-electron chi connectivity index (χ3n) is 7.13. The summed E-state index contributed by atoms with van der Waals surface area (Å²) in [5, 5.41) is 0. The largest absolute Gasteiger partial charge is 0.343 e. The maximum absolute atomic E-state index is 12.9. The molecule has 1 amide bonds. The molecule has 0 bridgehead atoms. The third kappa shape index (κ3) is 4.12. The summed E-state index contributed by atoms with van der Waals surface area (Å²) in [5.74, 6) is 0.823. The molecular weight excluding hydrogens is 438 g/mol. The zero-order valence-corrected chi connectivity index (χ0v) is 19.5. The van der Waals surface area contributed by atoms with E-state index in [-0.39, 0.29) is 17.1 Å². The molecule has 2 aliphatic rings. The number of carbonyl (C=O) groups is 2. The van der Waals surface area contributed by atoms with Crippen molar-refractivity contribution in [1.29, 1.82) is 0 Å². The van der Waals surface area contributed by atoms with Gasteiger partial charge in [-0.2, -0.15) is 0 Å². The number of carbonyl (C=O) groups excluding carboxylic acids is 2. The van der Waals surface area contributed by atoms with Crippen LogP contribution >= 0.6 is 15.9 Å². The van der Waals surface area contributed by atoms with Crippen molar-refractivity contribution in [2.75, 3.05) is 13.1 Å². The summed E-state index contributed by atoms with van der Waals surface area (Å²) in [6, 6.07) is 14.7. The van der Waals surface area contributed by atoms with Crippen LogP contribution in [0.25, 0.3) is 0 Å². The van der Waals surface area contributed by atoms with Gasteiger partial charge in [0.2, 0.25) is 5.91 Å². The standard InChI is InChI=1S/C26H30BrNO2/c1-18-6-3-4-7-20(18)10-11-24(30)28-14-12-26(13-15-28)17-21(16-19(2)29)22-8-5-9-23(27)25(22)26/h3-9,21H,10-17H2,1-2H3. The van der Waals surface area contributed by atoms with Crippen LogP contribution in [0.5, 0.6) is 0 Å². The monoisotopic (exact) mass is 467 g/mol. The zero-order valence-electron chi connectivity index (χ0n) is 17.9. The number of nitrogens with zero attached hydrogens (tertiary/aromatic N) is 1. The van der Waals surface area contributed by atoms with Crippen molar-refractivity contribution in [2.45, 2.75) is 63.7 Å². The Bertz CT molecular complexity index is 959. The number of halogens is 1. The molecule has 3 nitrogen and oxygen atoms in total. The summed E-state index contributed by atoms with van der Waals surface area (Å²) in [6.07, 6.45) is 4.98. The van der Waals surface area contributed by atoms with Crippen molar-refractivity contribution in [2.24, 2.45) is 0 Å². The number of hydrogen-bond donors (Lipinski definition) is 0. The van der Waals surface area contributed by atoms with Gasteiger partial charge in [-0.3, -0.25) is 4.79 Å². The van der Waals surface area contributed by atoms with Gasteiger partial charge in [0, 0.05) is 35.8 Å². The van der Waals surface area contributed by atoms with E-state index in [1.165, 1.54) is 22.3 Å². The van der Waals surface area contributed by atoms with E-state index in [1.54, 1.807) is 6.92 Å². The van der Waals surface area contributed by atoms with Gasteiger partial charge in [-0.05, 0) is 73.8 Å². The minimum absolute atomic E-state index is 0.0857. The van der Waals surface area contributed by atoms with E-state index in [2.05, 4.69) is 58.1 Å². The minimum atomic E-state index is 0.0857. The van der Waals surface area contributed by atoms with Gasteiger partial charge in [0.25, 0.3) is 0 Å². The molecule has 0 saturated carbocycles. The maximum Gasteiger partial charge on any atom is 0.222 e. The van der Waals surface area contributed by atoms with Gasteiger partial charge >= 0.3 is 0 Å². The first-order chi connectivity index (χ1) is 14.4. The molecule has 2 aromatic rings. The average molecular weight is 468 g/mol. The van der Waals surface area contributed by atoms with Gasteiger partial charge in [-0.25, -0.2) is 0 Å². The molecule has 2 aromatic carbocycles. The van der Waals surface area contributed by atoms with Crippen molar-refractivity contribution in [3.8, 4) is 0 Å². The Balaban J connectivity index is 1.44. The molecule has 0 aromatic heterocycles. The zero-order chi connectivity index (χ0) is 21.3. The first-order valence-corrected chi connectivity index (χ1v) is 11.8. The van der Waals surface area contributed by atoms with Crippen molar-refractivity contribution in [3.05, 3.63) is 69.2 Å². The highest BCUT2D eigenvalue weighted by Crippen LogP contribution is 2.55. The van der Waals surface area contributed by atoms with Crippen molar-refractivity contribution < 1.29 is 9.59 Å². The van der Waals surface area contributed by atoms with E-state index in [0.717, 1.165) is 43.2 Å². The number of rotatable bonds is 5. The molecule has 30 heavy (non-hydrogen) atoms. The lowest BCUT2D eigenvalue weighted by molar-refractivity contribution is -0.132. The summed E-state index contributed by atoms with van der Waals surface area (Å²) < 4.78 is 1.16. The van der Waals surface area contributed by atoms with Crippen molar-refractivity contribution >= 4 is 27.6 Å². The highest BCUT2D eigenvalue weighted by molar-refractivity contribution is 9.10. The van der Waals surface area contributed by atoms with Crippen LogP contribution in [0.1, 0.15) is 67.2 Å². The first kappa shape index (κ1) is 21.3. The predicted molar refractivity (Wildman–Crippen MR) is 124 cm³/mol. The quantitative estimate of drug-likeness (QED) is 0.563. The Labute approximate surface area is 188 Å². The average Bonchev–Trinajstić information content (AvgIpc) is 3.01. The van der Waals surface area contributed by atoms with E-state index >= 15 is 0 Å². The van der Waals surface area contributed by atoms with E-state index in [9.17, 15) is 9.59 Å². The number of piperidine rings is 1. The second-order valence-electron chi connectivity index (χ2n) is 9.10. The fourth-order valence-corrected chi connectivity index (χ4v) is 6.38. The molecule has 1 aliphatic heterocycles. The number of fused-ring (bicyclic) bond motifs is 2. The second kappa shape index (κ2) is 8.66. The lowest BCUT2D eigenvalue weighted by atomic mass is 9.73. The molecule has 4 heteroatoms. The number of ketones is 1. The first-order valence-electron chi connectivity index (χ1n) is 11.0. The molecule has 0 radical (unpaired) electrons. The SMILES string of the molecule is CC(=O)CC1CC2(CCN(C(=O)CCc3ccccc3C)CC2)c2c(Br)cccc21. The van der Waals surface area contributed by atoms with Gasteiger partial charge in [0.15, 0.2) is 0 Å². The summed E-state index contributed by atoms with van der Waals surface area (Å²) in [4.78, 5) is 26.8. The molecule has 0 N–H and O–H groups in total. The topological polar surface area (TPSA) is 37.4 Å². The fraction of sp³-hybridized carbons (Fsp3) is 0.462. The van der Waals surface area contributed by atoms with Crippen LogP contribution in [0, 0.1) is 6.92 Å². The summed E-state index contributed by atoms with van der Waals surface area (Å²) in [6.45, 7) is 5.41. The number of amides is 1. The van der Waals surface area contributed by atoms with Crippen LogP contribution < -0.4 is 0 Å². The Morgan fingerprint density at radius 2 is 1.83 bits per heavy atom. The summed E-state index contributed by atoms with van der Waals surface area (Å²) >= 11 is 3.79. The van der Waals surface area contributed by atoms with Crippen LogP contribution in [0.2, 0.25) is 0 Å². The van der Waals surface area contributed by atoms with Crippen molar-refractivity contribution in [1.82, 2.24) is 4.90 Å². The summed E-state index contributed by atoms with van der Waals surface area (Å²) in [7, 11) is 0. The van der Waals surface area contributed by atoms with E-state index in [0.29, 0.717) is 18.8 Å². The number of Topliss-reactive ketones (excluding diaryl/α,β-unsaturated/α-hetero) is 1. The molecule has 1 atom stereocenters. The van der Waals surface area contributed by atoms with Gasteiger partial charge < -0.3 is 9.69 Å². The smallest absolute Gasteiger partial charge is 0.222 e. The predicted octanol–water partition coefficient (Wildman–Crippen LogP) is 5.72. The van der Waals surface area contributed by atoms with Crippen LogP contribution in [0.15, 0.2) is 46.9 Å². The molecule has 1 spiro atoms. The molecule has 1 saturated heterocycles. The third-order valence-corrected chi connectivity index (χ3v) is 7.79. The van der Waals surface area contributed by atoms with Gasteiger partial charge in [-0.1, -0.05) is 52.3 Å². The van der Waals surface area contributed by atoms with E-state index in [4.69, 9.17) is 0 Å². The molecule has 1 fully saturated rings. The molecule has 4 rings (SSSR count). The Hall–Kier alpha value is -1.94. The van der Waals surface area contributed by atoms with Gasteiger partial charge in [0.05, 0.1) is 0 Å². The number of likely N-dealkylation sites (tertiary alicyclic amines) is 1. The normalized spacial score (nSPS) is 19.7. The molecular formula is C26H30BrNO2. The van der Waals surface area contributed by atoms with Gasteiger partial charge in [0.1, 0.15) is 5.78 Å². The number of aryl methyl sites for hydroxylation is 2. The molecule has 1 heterocycles. The molecule has 1 unspecified atom stereocenters. The van der Waals surface area contributed by atoms with Crippen LogP contribution in [-0.4, -0.2) is 29.7 Å². The van der Waals surface area contributed by atoms with Crippen LogP contribution in [-0.2, 0) is 21.4 Å². The maximum atomic E-state index is 12.9. The highest BCUT2D eigenvalue weighted by Gasteiger charge is 2.47. The fourth-order valence-electron chi connectivity index (χ4n) is 5.58. The molecule has 158 valence electrons. The van der Waals surface area contributed by atoms with E-state index in [1.807, 2.05) is 12.1 Å². The highest BCUT2D eigenvalue weighted by atomic mass is 79.9. The van der Waals surface area contributed by atoms with E-state index < -0.39 is 0 Å². The summed E-state index contributed by atoms with van der Waals surface area (Å²) in [5.41, 5.74) is 5.33. The van der Waals surface area contributed by atoms with Crippen LogP contribution in [0.3, 0.4) is 0 Å².